The van der Waals surface area contributed by atoms with Crippen LogP contribution in [0.3, 0.4) is 0 Å². The van der Waals surface area contributed by atoms with Crippen molar-refractivity contribution in [1.82, 2.24) is 9.80 Å². The van der Waals surface area contributed by atoms with Gasteiger partial charge in [-0.15, -0.1) is 0 Å². The van der Waals surface area contributed by atoms with Crippen LogP contribution in [0.2, 0.25) is 0 Å². The second kappa shape index (κ2) is 10.6. The average molecular weight is 408 g/mol. The molecule has 0 bridgehead atoms. The number of allylic oxidation sites excluding steroid dienone is 2. The lowest BCUT2D eigenvalue weighted by Gasteiger charge is -2.38. The van der Waals surface area contributed by atoms with Crippen molar-refractivity contribution >= 4 is 12.4 Å². The van der Waals surface area contributed by atoms with Gasteiger partial charge < -0.3 is 14.9 Å². The highest BCUT2D eigenvalue weighted by Gasteiger charge is 2.37. The number of nitrogens with zero attached hydrogens (tertiary/aromatic N) is 2. The number of hydrogen-bond donors (Lipinski definition) is 1. The number of carboxylic acid groups (broad SMARTS) is 1. The standard InChI is InChI=1S/C19H28F4N2O3/c1-4-16(19(21,22)23)15(5-6-24-9-14(8-20)10-24)11-25(12-26)17(18(27)28)7-13(2)3/h4,11-14,17H,5-10H2,1-3H3,(H,27,28)/b15-11-,16-4+. The minimum atomic E-state index is -4.64. The molecule has 1 rings (SSSR count). The maximum atomic E-state index is 13.4. The van der Waals surface area contributed by atoms with E-state index in [9.17, 15) is 32.3 Å². The maximum absolute atomic E-state index is 13.4. The van der Waals surface area contributed by atoms with Crippen LogP contribution in [-0.2, 0) is 9.59 Å². The zero-order chi connectivity index (χ0) is 21.5. The molecule has 1 aliphatic rings. The quantitative estimate of drug-likeness (QED) is 0.322. The fourth-order valence-corrected chi connectivity index (χ4v) is 3.21. The van der Waals surface area contributed by atoms with Gasteiger partial charge in [-0.25, -0.2) is 4.79 Å². The summed E-state index contributed by atoms with van der Waals surface area (Å²) < 4.78 is 52.8. The van der Waals surface area contributed by atoms with E-state index in [2.05, 4.69) is 0 Å². The third-order valence-electron chi connectivity index (χ3n) is 4.65. The number of amides is 1. The van der Waals surface area contributed by atoms with E-state index in [1.54, 1.807) is 13.8 Å². The van der Waals surface area contributed by atoms with Gasteiger partial charge >= 0.3 is 12.1 Å². The molecule has 0 saturated carbocycles. The summed E-state index contributed by atoms with van der Waals surface area (Å²) in [6, 6.07) is -1.25. The SMILES string of the molecule is C/C=C(\C(=C/N(C=O)C(CC(C)C)C(=O)O)CCN1CC(CF)C1)C(F)(F)F. The van der Waals surface area contributed by atoms with Crippen LogP contribution in [0.5, 0.6) is 0 Å². The van der Waals surface area contributed by atoms with Gasteiger partial charge in [0.05, 0.1) is 12.2 Å². The van der Waals surface area contributed by atoms with Gasteiger partial charge in [0.25, 0.3) is 0 Å². The number of halogens is 4. The van der Waals surface area contributed by atoms with E-state index in [0.29, 0.717) is 13.1 Å². The number of carbonyl (C=O) groups excluding carboxylic acids is 1. The summed E-state index contributed by atoms with van der Waals surface area (Å²) in [5.74, 6) is -1.44. The van der Waals surface area contributed by atoms with E-state index >= 15 is 0 Å². The van der Waals surface area contributed by atoms with Gasteiger partial charge in [-0.3, -0.25) is 9.18 Å². The summed E-state index contributed by atoms with van der Waals surface area (Å²) in [4.78, 5) is 25.6. The molecular formula is C19H28F4N2O3. The largest absolute Gasteiger partial charge is 0.480 e. The molecule has 0 aromatic heterocycles. The van der Waals surface area contributed by atoms with Crippen molar-refractivity contribution in [3.63, 3.8) is 0 Å². The molecule has 1 unspecified atom stereocenters. The van der Waals surface area contributed by atoms with Gasteiger partial charge in [0, 0.05) is 31.8 Å². The monoisotopic (exact) mass is 408 g/mol. The molecular weight excluding hydrogens is 380 g/mol. The van der Waals surface area contributed by atoms with Crippen LogP contribution in [0, 0.1) is 11.8 Å². The predicted octanol–water partition coefficient (Wildman–Crippen LogP) is 3.63. The second-order valence-electron chi connectivity index (χ2n) is 7.42. The first-order valence-corrected chi connectivity index (χ1v) is 9.21. The summed E-state index contributed by atoms with van der Waals surface area (Å²) in [6.45, 7) is 5.53. The first-order chi connectivity index (χ1) is 13.0. The summed E-state index contributed by atoms with van der Waals surface area (Å²) in [7, 11) is 0. The highest BCUT2D eigenvalue weighted by molar-refractivity contribution is 5.76. The molecule has 1 fully saturated rings. The molecule has 1 saturated heterocycles. The Morgan fingerprint density at radius 3 is 2.32 bits per heavy atom. The third-order valence-corrected chi connectivity index (χ3v) is 4.65. The Morgan fingerprint density at radius 1 is 1.32 bits per heavy atom. The van der Waals surface area contributed by atoms with E-state index in [1.807, 2.05) is 4.90 Å². The Morgan fingerprint density at radius 2 is 1.93 bits per heavy atom. The van der Waals surface area contributed by atoms with Crippen LogP contribution in [0.25, 0.3) is 0 Å². The van der Waals surface area contributed by atoms with E-state index in [1.165, 1.54) is 6.92 Å². The zero-order valence-electron chi connectivity index (χ0n) is 16.4. The molecule has 1 aliphatic heterocycles. The first kappa shape index (κ1) is 24.1. The Kier molecular flexibility index (Phi) is 9.13. The average Bonchev–Trinajstić information content (AvgIpc) is 2.54. The number of rotatable bonds is 11. The Balaban J connectivity index is 3.11. The van der Waals surface area contributed by atoms with Crippen molar-refractivity contribution < 1.29 is 32.3 Å². The van der Waals surface area contributed by atoms with E-state index in [-0.39, 0.29) is 43.2 Å². The number of hydrogen-bond acceptors (Lipinski definition) is 3. The van der Waals surface area contributed by atoms with Crippen LogP contribution in [0.15, 0.2) is 23.4 Å². The van der Waals surface area contributed by atoms with Gasteiger partial charge in [0.2, 0.25) is 6.41 Å². The molecule has 1 atom stereocenters. The van der Waals surface area contributed by atoms with Gasteiger partial charge in [0.15, 0.2) is 0 Å². The minimum absolute atomic E-state index is 0.0312. The number of aliphatic carboxylic acids is 1. The Hall–Kier alpha value is -1.90. The molecule has 0 spiro atoms. The van der Waals surface area contributed by atoms with Crippen molar-refractivity contribution in [2.75, 3.05) is 26.3 Å². The second-order valence-corrected chi connectivity index (χ2v) is 7.42. The highest BCUT2D eigenvalue weighted by atomic mass is 19.4. The van der Waals surface area contributed by atoms with Crippen LogP contribution >= 0.6 is 0 Å². The van der Waals surface area contributed by atoms with E-state index in [4.69, 9.17) is 0 Å². The number of likely N-dealkylation sites (tertiary alicyclic amines) is 1. The molecule has 28 heavy (non-hydrogen) atoms. The lowest BCUT2D eigenvalue weighted by atomic mass is 9.97. The topological polar surface area (TPSA) is 60.9 Å². The number of carboxylic acids is 1. The normalized spacial score (nSPS) is 18.1. The minimum Gasteiger partial charge on any atom is -0.480 e. The fourth-order valence-electron chi connectivity index (χ4n) is 3.21. The zero-order valence-corrected chi connectivity index (χ0v) is 16.4. The van der Waals surface area contributed by atoms with Gasteiger partial charge in [0.1, 0.15) is 6.04 Å². The number of alkyl halides is 4. The van der Waals surface area contributed by atoms with Gasteiger partial charge in [-0.05, 0) is 31.3 Å². The van der Waals surface area contributed by atoms with Crippen LogP contribution in [0.1, 0.15) is 33.6 Å². The lowest BCUT2D eigenvalue weighted by molar-refractivity contribution is -0.145. The molecule has 9 heteroatoms. The molecule has 160 valence electrons. The first-order valence-electron chi connectivity index (χ1n) is 9.21. The summed E-state index contributed by atoms with van der Waals surface area (Å²) in [5, 5.41) is 9.40. The molecule has 0 aromatic carbocycles. The summed E-state index contributed by atoms with van der Waals surface area (Å²) >= 11 is 0. The lowest BCUT2D eigenvalue weighted by Crippen LogP contribution is -2.48. The molecule has 1 amide bonds. The van der Waals surface area contributed by atoms with E-state index in [0.717, 1.165) is 17.2 Å². The highest BCUT2D eigenvalue weighted by Crippen LogP contribution is 2.34. The summed E-state index contributed by atoms with van der Waals surface area (Å²) in [5.41, 5.74) is -1.07. The van der Waals surface area contributed by atoms with Crippen molar-refractivity contribution in [3.05, 3.63) is 23.4 Å². The Labute approximate surface area is 162 Å². The maximum Gasteiger partial charge on any atom is 0.416 e. The van der Waals surface area contributed by atoms with Crippen molar-refractivity contribution in [3.8, 4) is 0 Å². The molecule has 0 radical (unpaired) electrons. The Bertz CT molecular complexity index is 596. The molecule has 0 aliphatic carbocycles. The van der Waals surface area contributed by atoms with Gasteiger partial charge in [-0.1, -0.05) is 19.9 Å². The van der Waals surface area contributed by atoms with Crippen LogP contribution in [-0.4, -0.2) is 65.8 Å². The molecule has 0 aromatic rings. The molecule has 5 nitrogen and oxygen atoms in total. The fraction of sp³-hybridized carbons (Fsp3) is 0.684. The summed E-state index contributed by atoms with van der Waals surface area (Å²) in [6.07, 6.45) is -2.41. The van der Waals surface area contributed by atoms with Crippen molar-refractivity contribution in [1.29, 1.82) is 0 Å². The van der Waals surface area contributed by atoms with Crippen molar-refractivity contribution in [2.24, 2.45) is 11.8 Å². The smallest absolute Gasteiger partial charge is 0.416 e. The molecule has 1 N–H and O–H groups in total. The van der Waals surface area contributed by atoms with E-state index < -0.39 is 30.4 Å². The van der Waals surface area contributed by atoms with Crippen LogP contribution < -0.4 is 0 Å². The van der Waals surface area contributed by atoms with Crippen LogP contribution in [0.4, 0.5) is 17.6 Å². The predicted molar refractivity (Wildman–Crippen MR) is 97.2 cm³/mol. The third kappa shape index (κ3) is 6.92. The number of carbonyl (C=O) groups is 2. The van der Waals surface area contributed by atoms with Crippen molar-refractivity contribution in [2.45, 2.75) is 45.8 Å². The van der Waals surface area contributed by atoms with Gasteiger partial charge in [-0.2, -0.15) is 13.2 Å². The molecule has 1 heterocycles.